The topological polar surface area (TPSA) is 56.8 Å². The van der Waals surface area contributed by atoms with Crippen molar-refractivity contribution in [3.05, 3.63) is 35.4 Å². The Kier molecular flexibility index (Phi) is 2.02. The average molecular weight is 192 g/mol. The molecule has 74 valence electrons. The Bertz CT molecular complexity index is 383. The molecule has 1 aliphatic heterocycles. The van der Waals surface area contributed by atoms with E-state index in [9.17, 15) is 0 Å². The highest BCUT2D eigenvalue weighted by molar-refractivity contribution is 6.01. The van der Waals surface area contributed by atoms with Crippen molar-refractivity contribution in [2.24, 2.45) is 10.7 Å². The molecule has 2 rings (SSSR count). The molecule has 1 aromatic carbocycles. The minimum absolute atomic E-state index is 0.448. The molecular weight excluding hydrogens is 180 g/mol. The molecule has 4 nitrogen and oxygen atoms in total. The van der Waals surface area contributed by atoms with Crippen molar-refractivity contribution in [3.8, 4) is 0 Å². The minimum atomic E-state index is -1.05. The van der Waals surface area contributed by atoms with Crippen molar-refractivity contribution in [3.63, 3.8) is 0 Å². The quantitative estimate of drug-likeness (QED) is 0.705. The molecule has 0 saturated carbocycles. The third kappa shape index (κ3) is 1.05. The fourth-order valence-electron chi connectivity index (χ4n) is 1.66. The SMILES string of the molecule is COC1(OC)N=C(N)c2ccccc21. The number of nitrogens with two attached hydrogens (primary N) is 1. The number of fused-ring (bicyclic) bond motifs is 1. The van der Waals surface area contributed by atoms with E-state index in [1.165, 1.54) is 0 Å². The van der Waals surface area contributed by atoms with Gasteiger partial charge >= 0.3 is 0 Å². The van der Waals surface area contributed by atoms with E-state index in [2.05, 4.69) is 4.99 Å². The third-order valence-electron chi connectivity index (χ3n) is 2.36. The third-order valence-corrected chi connectivity index (χ3v) is 2.36. The summed E-state index contributed by atoms with van der Waals surface area (Å²) < 4.78 is 10.5. The number of benzene rings is 1. The van der Waals surface area contributed by atoms with Crippen LogP contribution in [0.2, 0.25) is 0 Å². The molecule has 0 fully saturated rings. The maximum Gasteiger partial charge on any atom is 0.300 e. The predicted octanol–water partition coefficient (Wildman–Crippen LogP) is 0.809. The first kappa shape index (κ1) is 9.18. The molecule has 0 spiro atoms. The Labute approximate surface area is 82.3 Å². The van der Waals surface area contributed by atoms with Gasteiger partial charge in [0, 0.05) is 25.3 Å². The van der Waals surface area contributed by atoms with Gasteiger partial charge in [0.1, 0.15) is 5.84 Å². The van der Waals surface area contributed by atoms with Crippen molar-refractivity contribution < 1.29 is 9.47 Å². The van der Waals surface area contributed by atoms with Crippen LogP contribution >= 0.6 is 0 Å². The Balaban J connectivity index is 2.61. The standard InChI is InChI=1S/C10H12N2O2/c1-13-10(14-2)8-6-4-3-5-7(8)9(11)12-10/h3-6H,1-2H3,(H2,11,12). The fraction of sp³-hybridized carbons (Fsp3) is 0.300. The second-order valence-corrected chi connectivity index (χ2v) is 3.03. The molecule has 1 heterocycles. The number of amidine groups is 1. The zero-order chi connectivity index (χ0) is 10.2. The van der Waals surface area contributed by atoms with E-state index in [1.54, 1.807) is 14.2 Å². The Morgan fingerprint density at radius 3 is 2.50 bits per heavy atom. The maximum absolute atomic E-state index is 5.76. The lowest BCUT2D eigenvalue weighted by atomic mass is 10.1. The smallest absolute Gasteiger partial charge is 0.300 e. The average Bonchev–Trinajstić information content (AvgIpc) is 2.53. The van der Waals surface area contributed by atoms with Crippen molar-refractivity contribution in [1.29, 1.82) is 0 Å². The molecule has 0 radical (unpaired) electrons. The number of hydrogen-bond acceptors (Lipinski definition) is 4. The highest BCUT2D eigenvalue weighted by Gasteiger charge is 2.39. The van der Waals surface area contributed by atoms with Crippen LogP contribution in [-0.4, -0.2) is 20.1 Å². The van der Waals surface area contributed by atoms with Crippen LogP contribution in [0, 0.1) is 0 Å². The molecule has 0 aromatic heterocycles. The summed E-state index contributed by atoms with van der Waals surface area (Å²) in [6, 6.07) is 7.60. The van der Waals surface area contributed by atoms with E-state index in [1.807, 2.05) is 24.3 Å². The molecule has 1 aromatic rings. The Hall–Kier alpha value is -1.39. The first-order chi connectivity index (χ1) is 6.73. The van der Waals surface area contributed by atoms with Crippen LogP contribution in [0.25, 0.3) is 0 Å². The molecule has 14 heavy (non-hydrogen) atoms. The van der Waals surface area contributed by atoms with Crippen molar-refractivity contribution in [1.82, 2.24) is 0 Å². The summed E-state index contributed by atoms with van der Waals surface area (Å²) in [6.45, 7) is 0. The first-order valence-corrected chi connectivity index (χ1v) is 4.29. The predicted molar refractivity (Wildman–Crippen MR) is 52.9 cm³/mol. The van der Waals surface area contributed by atoms with Gasteiger partial charge in [-0.15, -0.1) is 0 Å². The van der Waals surface area contributed by atoms with E-state index >= 15 is 0 Å². The zero-order valence-corrected chi connectivity index (χ0v) is 8.15. The van der Waals surface area contributed by atoms with Crippen LogP contribution in [0.15, 0.2) is 29.3 Å². The normalized spacial score (nSPS) is 17.7. The molecule has 0 amide bonds. The molecule has 4 heteroatoms. The van der Waals surface area contributed by atoms with Gasteiger partial charge in [0.05, 0.1) is 0 Å². The van der Waals surface area contributed by atoms with Gasteiger partial charge in [-0.2, -0.15) is 0 Å². The fourth-order valence-corrected chi connectivity index (χ4v) is 1.66. The van der Waals surface area contributed by atoms with Gasteiger partial charge in [-0.05, 0) is 0 Å². The lowest BCUT2D eigenvalue weighted by molar-refractivity contribution is -0.206. The molecule has 0 aliphatic carbocycles. The van der Waals surface area contributed by atoms with Crippen LogP contribution in [-0.2, 0) is 15.4 Å². The monoisotopic (exact) mass is 192 g/mol. The Morgan fingerprint density at radius 1 is 1.21 bits per heavy atom. The summed E-state index contributed by atoms with van der Waals surface area (Å²) in [5.41, 5.74) is 7.48. The minimum Gasteiger partial charge on any atom is -0.383 e. The lowest BCUT2D eigenvalue weighted by Gasteiger charge is -2.23. The van der Waals surface area contributed by atoms with E-state index in [4.69, 9.17) is 15.2 Å². The highest BCUT2D eigenvalue weighted by atomic mass is 16.7. The summed E-state index contributed by atoms with van der Waals surface area (Å²) in [5, 5.41) is 0. The van der Waals surface area contributed by atoms with Crippen LogP contribution in [0.5, 0.6) is 0 Å². The van der Waals surface area contributed by atoms with E-state index in [-0.39, 0.29) is 0 Å². The van der Waals surface area contributed by atoms with Gasteiger partial charge in [0.15, 0.2) is 0 Å². The van der Waals surface area contributed by atoms with E-state index in [0.29, 0.717) is 5.84 Å². The highest BCUT2D eigenvalue weighted by Crippen LogP contribution is 2.35. The van der Waals surface area contributed by atoms with E-state index < -0.39 is 5.91 Å². The maximum atomic E-state index is 5.76. The first-order valence-electron chi connectivity index (χ1n) is 4.29. The molecule has 0 unspecified atom stereocenters. The summed E-state index contributed by atoms with van der Waals surface area (Å²) >= 11 is 0. The van der Waals surface area contributed by atoms with Crippen LogP contribution in [0.1, 0.15) is 11.1 Å². The second-order valence-electron chi connectivity index (χ2n) is 3.03. The molecular formula is C10H12N2O2. The van der Waals surface area contributed by atoms with Crippen molar-refractivity contribution in [2.75, 3.05) is 14.2 Å². The second kappa shape index (κ2) is 3.08. The number of methoxy groups -OCH3 is 2. The van der Waals surface area contributed by atoms with Gasteiger partial charge in [-0.3, -0.25) is 0 Å². The van der Waals surface area contributed by atoms with Crippen LogP contribution in [0.4, 0.5) is 0 Å². The summed E-state index contributed by atoms with van der Waals surface area (Å²) in [4.78, 5) is 4.17. The van der Waals surface area contributed by atoms with Gasteiger partial charge in [-0.1, -0.05) is 24.3 Å². The molecule has 0 atom stereocenters. The summed E-state index contributed by atoms with van der Waals surface area (Å²) in [7, 11) is 3.09. The van der Waals surface area contributed by atoms with Gasteiger partial charge in [0.2, 0.25) is 0 Å². The van der Waals surface area contributed by atoms with Crippen molar-refractivity contribution >= 4 is 5.84 Å². The molecule has 0 bridgehead atoms. The lowest BCUT2D eigenvalue weighted by Crippen LogP contribution is -2.26. The summed E-state index contributed by atoms with van der Waals surface area (Å²) in [5.74, 6) is -0.606. The molecule has 1 aliphatic rings. The van der Waals surface area contributed by atoms with Crippen molar-refractivity contribution in [2.45, 2.75) is 5.91 Å². The number of aliphatic imine (C=N–C) groups is 1. The van der Waals surface area contributed by atoms with Gasteiger partial charge in [-0.25, -0.2) is 4.99 Å². The van der Waals surface area contributed by atoms with Gasteiger partial charge in [0.25, 0.3) is 5.91 Å². The molecule has 0 saturated heterocycles. The number of nitrogens with zero attached hydrogens (tertiary/aromatic N) is 1. The molecule has 2 N–H and O–H groups in total. The number of ether oxygens (including phenoxy) is 2. The van der Waals surface area contributed by atoms with Gasteiger partial charge < -0.3 is 15.2 Å². The van der Waals surface area contributed by atoms with Crippen LogP contribution < -0.4 is 5.73 Å². The Morgan fingerprint density at radius 2 is 1.86 bits per heavy atom. The number of hydrogen-bond donors (Lipinski definition) is 1. The largest absolute Gasteiger partial charge is 0.383 e. The summed E-state index contributed by atoms with van der Waals surface area (Å²) in [6.07, 6.45) is 0. The zero-order valence-electron chi connectivity index (χ0n) is 8.15. The number of rotatable bonds is 2. The van der Waals surface area contributed by atoms with E-state index in [0.717, 1.165) is 11.1 Å². The van der Waals surface area contributed by atoms with Crippen LogP contribution in [0.3, 0.4) is 0 Å².